The number of ether oxygens (including phenoxy) is 1. The number of aryl methyl sites for hydroxylation is 1. The first-order chi connectivity index (χ1) is 9.10. The number of benzene rings is 2. The van der Waals surface area contributed by atoms with Gasteiger partial charge in [0.2, 0.25) is 0 Å². The van der Waals surface area contributed by atoms with Crippen molar-refractivity contribution in [3.8, 4) is 0 Å². The zero-order valence-electron chi connectivity index (χ0n) is 10.7. The zero-order valence-corrected chi connectivity index (χ0v) is 10.7. The average molecular weight is 259 g/mol. The van der Waals surface area contributed by atoms with Crippen molar-refractivity contribution in [1.29, 1.82) is 0 Å². The molecule has 98 valence electrons. The highest BCUT2D eigenvalue weighted by molar-refractivity contribution is 5.96. The summed E-state index contributed by atoms with van der Waals surface area (Å²) < 4.78 is 17.9. The van der Waals surface area contributed by atoms with E-state index >= 15 is 0 Å². The van der Waals surface area contributed by atoms with Crippen LogP contribution in [0.3, 0.4) is 0 Å². The van der Waals surface area contributed by atoms with Crippen molar-refractivity contribution in [2.75, 3.05) is 12.4 Å². The Balaban J connectivity index is 2.38. The van der Waals surface area contributed by atoms with E-state index in [0.717, 1.165) is 5.56 Å². The number of carbonyl (C=O) groups is 1. The SMILES string of the molecule is COC(=O)c1ccc(C)cc1Nc1cccc(F)c1. The third-order valence-electron chi connectivity index (χ3n) is 2.68. The minimum atomic E-state index is -0.432. The molecule has 19 heavy (non-hydrogen) atoms. The molecule has 0 aliphatic rings. The maximum Gasteiger partial charge on any atom is 0.339 e. The normalized spacial score (nSPS) is 10.1. The highest BCUT2D eigenvalue weighted by Crippen LogP contribution is 2.23. The molecule has 2 aromatic carbocycles. The standard InChI is InChI=1S/C15H14FNO2/c1-10-6-7-13(15(18)19-2)14(8-10)17-12-5-3-4-11(16)9-12/h3-9,17H,1-2H3. The van der Waals surface area contributed by atoms with E-state index in [-0.39, 0.29) is 5.82 Å². The van der Waals surface area contributed by atoms with Gasteiger partial charge in [-0.05, 0) is 42.8 Å². The van der Waals surface area contributed by atoms with E-state index in [9.17, 15) is 9.18 Å². The van der Waals surface area contributed by atoms with Crippen LogP contribution in [0.1, 0.15) is 15.9 Å². The summed E-state index contributed by atoms with van der Waals surface area (Å²) in [6, 6.07) is 11.4. The Bertz CT molecular complexity index is 611. The summed E-state index contributed by atoms with van der Waals surface area (Å²) in [5.41, 5.74) is 2.58. The molecule has 0 saturated carbocycles. The molecule has 0 unspecified atom stereocenters. The van der Waals surface area contributed by atoms with Gasteiger partial charge in [0, 0.05) is 5.69 Å². The van der Waals surface area contributed by atoms with Crippen LogP contribution in [0, 0.1) is 12.7 Å². The molecule has 2 rings (SSSR count). The number of hydrogen-bond acceptors (Lipinski definition) is 3. The van der Waals surface area contributed by atoms with Gasteiger partial charge < -0.3 is 10.1 Å². The summed E-state index contributed by atoms with van der Waals surface area (Å²) in [6.07, 6.45) is 0. The highest BCUT2D eigenvalue weighted by atomic mass is 19.1. The van der Waals surface area contributed by atoms with E-state index in [2.05, 4.69) is 5.32 Å². The molecule has 0 amide bonds. The first kappa shape index (κ1) is 13.1. The summed E-state index contributed by atoms with van der Waals surface area (Å²) in [5.74, 6) is -0.767. The minimum Gasteiger partial charge on any atom is -0.465 e. The number of anilines is 2. The summed E-state index contributed by atoms with van der Waals surface area (Å²) in [6.45, 7) is 1.91. The molecule has 0 bridgehead atoms. The van der Waals surface area contributed by atoms with Crippen molar-refractivity contribution in [1.82, 2.24) is 0 Å². The van der Waals surface area contributed by atoms with Gasteiger partial charge >= 0.3 is 5.97 Å². The second-order valence-electron chi connectivity index (χ2n) is 4.18. The van der Waals surface area contributed by atoms with Crippen LogP contribution in [0.15, 0.2) is 42.5 Å². The first-order valence-corrected chi connectivity index (χ1v) is 5.81. The zero-order chi connectivity index (χ0) is 13.8. The fourth-order valence-electron chi connectivity index (χ4n) is 1.77. The lowest BCUT2D eigenvalue weighted by molar-refractivity contribution is 0.0602. The lowest BCUT2D eigenvalue weighted by Crippen LogP contribution is -2.06. The first-order valence-electron chi connectivity index (χ1n) is 5.81. The van der Waals surface area contributed by atoms with Gasteiger partial charge in [0.25, 0.3) is 0 Å². The topological polar surface area (TPSA) is 38.3 Å². The van der Waals surface area contributed by atoms with Gasteiger partial charge in [0.1, 0.15) is 5.82 Å². The molecule has 0 aliphatic heterocycles. The predicted octanol–water partition coefficient (Wildman–Crippen LogP) is 3.66. The number of hydrogen-bond donors (Lipinski definition) is 1. The fraction of sp³-hybridized carbons (Fsp3) is 0.133. The van der Waals surface area contributed by atoms with Crippen molar-refractivity contribution >= 4 is 17.3 Å². The predicted molar refractivity (Wildman–Crippen MR) is 72.2 cm³/mol. The van der Waals surface area contributed by atoms with Crippen LogP contribution >= 0.6 is 0 Å². The molecule has 0 aliphatic carbocycles. The Hall–Kier alpha value is -2.36. The largest absolute Gasteiger partial charge is 0.465 e. The minimum absolute atomic E-state index is 0.336. The van der Waals surface area contributed by atoms with Crippen LogP contribution in [0.2, 0.25) is 0 Å². The molecular formula is C15H14FNO2. The second kappa shape index (κ2) is 5.52. The van der Waals surface area contributed by atoms with Crippen molar-refractivity contribution in [3.63, 3.8) is 0 Å². The Morgan fingerprint density at radius 1 is 1.21 bits per heavy atom. The smallest absolute Gasteiger partial charge is 0.339 e. The van der Waals surface area contributed by atoms with Gasteiger partial charge in [-0.3, -0.25) is 0 Å². The van der Waals surface area contributed by atoms with Crippen molar-refractivity contribution < 1.29 is 13.9 Å². The second-order valence-corrected chi connectivity index (χ2v) is 4.18. The van der Waals surface area contributed by atoms with Crippen LogP contribution in [0.25, 0.3) is 0 Å². The number of carbonyl (C=O) groups excluding carboxylic acids is 1. The van der Waals surface area contributed by atoms with Crippen LogP contribution in [0.5, 0.6) is 0 Å². The lowest BCUT2D eigenvalue weighted by atomic mass is 10.1. The molecule has 1 N–H and O–H groups in total. The van der Waals surface area contributed by atoms with Crippen molar-refractivity contribution in [2.24, 2.45) is 0 Å². The van der Waals surface area contributed by atoms with Gasteiger partial charge in [0.05, 0.1) is 18.4 Å². The molecule has 0 saturated heterocycles. The maximum atomic E-state index is 13.1. The molecule has 0 fully saturated rings. The summed E-state index contributed by atoms with van der Waals surface area (Å²) in [5, 5.41) is 3.03. The van der Waals surface area contributed by atoms with Crippen LogP contribution < -0.4 is 5.32 Å². The van der Waals surface area contributed by atoms with Gasteiger partial charge in [-0.2, -0.15) is 0 Å². The fourth-order valence-corrected chi connectivity index (χ4v) is 1.77. The van der Waals surface area contributed by atoms with Crippen molar-refractivity contribution in [3.05, 3.63) is 59.4 Å². The molecule has 0 heterocycles. The van der Waals surface area contributed by atoms with E-state index in [4.69, 9.17) is 4.74 Å². The van der Waals surface area contributed by atoms with Crippen LogP contribution in [-0.4, -0.2) is 13.1 Å². The summed E-state index contributed by atoms with van der Waals surface area (Å²) in [4.78, 5) is 11.7. The van der Waals surface area contributed by atoms with E-state index in [0.29, 0.717) is 16.9 Å². The number of halogens is 1. The molecule has 0 spiro atoms. The summed E-state index contributed by atoms with van der Waals surface area (Å²) in [7, 11) is 1.33. The molecule has 3 nitrogen and oxygen atoms in total. The van der Waals surface area contributed by atoms with Gasteiger partial charge in [-0.25, -0.2) is 9.18 Å². The number of rotatable bonds is 3. The van der Waals surface area contributed by atoms with E-state index in [1.54, 1.807) is 18.2 Å². The van der Waals surface area contributed by atoms with E-state index < -0.39 is 5.97 Å². The average Bonchev–Trinajstić information content (AvgIpc) is 2.38. The van der Waals surface area contributed by atoms with Gasteiger partial charge in [-0.1, -0.05) is 12.1 Å². The molecule has 4 heteroatoms. The number of nitrogens with one attached hydrogen (secondary N) is 1. The van der Waals surface area contributed by atoms with E-state index in [1.807, 2.05) is 19.1 Å². The Kier molecular flexibility index (Phi) is 3.80. The van der Waals surface area contributed by atoms with E-state index in [1.165, 1.54) is 19.2 Å². The third-order valence-corrected chi connectivity index (χ3v) is 2.68. The highest BCUT2D eigenvalue weighted by Gasteiger charge is 2.12. The van der Waals surface area contributed by atoms with Gasteiger partial charge in [-0.15, -0.1) is 0 Å². The summed E-state index contributed by atoms with van der Waals surface area (Å²) >= 11 is 0. The molecule has 0 aromatic heterocycles. The Morgan fingerprint density at radius 2 is 2.00 bits per heavy atom. The quantitative estimate of drug-likeness (QED) is 0.855. The molecule has 0 atom stereocenters. The maximum absolute atomic E-state index is 13.1. The number of esters is 1. The molecule has 2 aromatic rings. The van der Waals surface area contributed by atoms with Crippen LogP contribution in [-0.2, 0) is 4.74 Å². The molecule has 0 radical (unpaired) electrons. The monoisotopic (exact) mass is 259 g/mol. The third kappa shape index (κ3) is 3.10. The number of methoxy groups -OCH3 is 1. The van der Waals surface area contributed by atoms with Crippen molar-refractivity contribution in [2.45, 2.75) is 6.92 Å². The molecular weight excluding hydrogens is 245 g/mol. The Labute approximate surface area is 111 Å². The lowest BCUT2D eigenvalue weighted by Gasteiger charge is -2.11. The Morgan fingerprint density at radius 3 is 2.68 bits per heavy atom. The van der Waals surface area contributed by atoms with Crippen LogP contribution in [0.4, 0.5) is 15.8 Å². The van der Waals surface area contributed by atoms with Gasteiger partial charge in [0.15, 0.2) is 0 Å².